The molecule has 2 saturated heterocycles. The average molecular weight is 245 g/mol. The highest BCUT2D eigenvalue weighted by Crippen LogP contribution is 2.39. The summed E-state index contributed by atoms with van der Waals surface area (Å²) in [6.07, 6.45) is 4.76. The van der Waals surface area contributed by atoms with Gasteiger partial charge in [0.05, 0.1) is 0 Å². The van der Waals surface area contributed by atoms with Crippen molar-refractivity contribution >= 4 is 17.0 Å². The number of nitrogens with zero attached hydrogens (tertiary/aromatic N) is 2. The van der Waals surface area contributed by atoms with Gasteiger partial charge in [-0.2, -0.15) is 0 Å². The van der Waals surface area contributed by atoms with Crippen molar-refractivity contribution < 1.29 is 4.79 Å². The molecular weight excluding hydrogens is 224 g/mol. The first kappa shape index (κ1) is 12.2. The van der Waals surface area contributed by atoms with Gasteiger partial charge in [-0.15, -0.1) is 0 Å². The van der Waals surface area contributed by atoms with Gasteiger partial charge in [-0.05, 0) is 57.7 Å². The average Bonchev–Trinajstić information content (AvgIpc) is 2.62. The van der Waals surface area contributed by atoms with E-state index in [2.05, 4.69) is 18.7 Å². The monoisotopic (exact) mass is 244 g/mol. The molecule has 2 aliphatic rings. The summed E-state index contributed by atoms with van der Waals surface area (Å²) in [7, 11) is 0. The molecule has 2 fully saturated rings. The summed E-state index contributed by atoms with van der Waals surface area (Å²) in [6, 6.07) is 0.612. The van der Waals surface area contributed by atoms with Crippen LogP contribution in [0.2, 0.25) is 0 Å². The van der Waals surface area contributed by atoms with Crippen LogP contribution in [0.5, 0.6) is 0 Å². The molecule has 92 valence electrons. The van der Waals surface area contributed by atoms with Crippen LogP contribution < -0.4 is 0 Å². The smallest absolute Gasteiger partial charge is 0.316 e. The van der Waals surface area contributed by atoms with E-state index >= 15 is 0 Å². The second-order valence-electron chi connectivity index (χ2n) is 5.36. The van der Waals surface area contributed by atoms with Gasteiger partial charge < -0.3 is 4.90 Å². The van der Waals surface area contributed by atoms with Gasteiger partial charge in [0.2, 0.25) is 0 Å². The first-order chi connectivity index (χ1) is 7.55. The SMILES string of the molecule is CC(C)N1CCCC12CCN(C(=O)Cl)CC2. The minimum absolute atomic E-state index is 0.288. The van der Waals surface area contributed by atoms with Gasteiger partial charge in [0.1, 0.15) is 0 Å². The highest BCUT2D eigenvalue weighted by Gasteiger charge is 2.44. The largest absolute Gasteiger partial charge is 0.329 e. The summed E-state index contributed by atoms with van der Waals surface area (Å²) in [4.78, 5) is 15.5. The Hall–Kier alpha value is -0.280. The van der Waals surface area contributed by atoms with E-state index in [1.54, 1.807) is 4.90 Å². The van der Waals surface area contributed by atoms with Crippen LogP contribution in [0.4, 0.5) is 4.79 Å². The Balaban J connectivity index is 2.03. The zero-order valence-electron chi connectivity index (χ0n) is 10.2. The molecule has 0 N–H and O–H groups in total. The van der Waals surface area contributed by atoms with E-state index in [1.165, 1.54) is 19.4 Å². The lowest BCUT2D eigenvalue weighted by atomic mass is 9.84. The summed E-state index contributed by atoms with van der Waals surface area (Å²) in [5.41, 5.74) is 0.358. The fourth-order valence-electron chi connectivity index (χ4n) is 3.40. The summed E-state index contributed by atoms with van der Waals surface area (Å²) >= 11 is 5.52. The van der Waals surface area contributed by atoms with E-state index in [4.69, 9.17) is 11.6 Å². The predicted octanol–water partition coefficient (Wildman–Crippen LogP) is 2.68. The van der Waals surface area contributed by atoms with E-state index < -0.39 is 0 Å². The Morgan fingerprint density at radius 1 is 1.19 bits per heavy atom. The lowest BCUT2D eigenvalue weighted by Gasteiger charge is -2.46. The van der Waals surface area contributed by atoms with E-state index in [1.807, 2.05) is 0 Å². The van der Waals surface area contributed by atoms with Crippen molar-refractivity contribution in [2.24, 2.45) is 0 Å². The molecular formula is C12H21ClN2O. The molecule has 1 amide bonds. The second-order valence-corrected chi connectivity index (χ2v) is 5.68. The molecule has 0 aliphatic carbocycles. The van der Waals surface area contributed by atoms with Crippen molar-refractivity contribution in [3.8, 4) is 0 Å². The number of piperidine rings is 1. The normalized spacial score (nSPS) is 25.6. The molecule has 0 bridgehead atoms. The summed E-state index contributed by atoms with van der Waals surface area (Å²) in [5, 5.41) is -0.288. The van der Waals surface area contributed by atoms with Crippen molar-refractivity contribution in [1.29, 1.82) is 0 Å². The lowest BCUT2D eigenvalue weighted by molar-refractivity contribution is 0.0463. The van der Waals surface area contributed by atoms with E-state index in [-0.39, 0.29) is 5.37 Å². The van der Waals surface area contributed by atoms with Gasteiger partial charge >= 0.3 is 5.37 Å². The lowest BCUT2D eigenvalue weighted by Crippen LogP contribution is -2.54. The van der Waals surface area contributed by atoms with Crippen LogP contribution in [-0.4, -0.2) is 46.4 Å². The van der Waals surface area contributed by atoms with Crippen LogP contribution in [-0.2, 0) is 0 Å². The third-order valence-electron chi connectivity index (χ3n) is 4.22. The maximum absolute atomic E-state index is 11.1. The Morgan fingerprint density at radius 3 is 2.31 bits per heavy atom. The van der Waals surface area contributed by atoms with Crippen LogP contribution in [0.25, 0.3) is 0 Å². The van der Waals surface area contributed by atoms with Crippen molar-refractivity contribution in [3.63, 3.8) is 0 Å². The number of amides is 1. The molecule has 3 nitrogen and oxygen atoms in total. The van der Waals surface area contributed by atoms with Crippen LogP contribution in [0.3, 0.4) is 0 Å². The first-order valence-electron chi connectivity index (χ1n) is 6.26. The van der Waals surface area contributed by atoms with Gasteiger partial charge in [-0.1, -0.05) is 0 Å². The quantitative estimate of drug-likeness (QED) is 0.523. The summed E-state index contributed by atoms with van der Waals surface area (Å²) in [6.45, 7) is 7.40. The van der Waals surface area contributed by atoms with E-state index in [0.29, 0.717) is 11.6 Å². The molecule has 2 rings (SSSR count). The Morgan fingerprint density at radius 2 is 1.81 bits per heavy atom. The highest BCUT2D eigenvalue weighted by molar-refractivity contribution is 6.62. The molecule has 16 heavy (non-hydrogen) atoms. The standard InChI is InChI=1S/C12H21ClN2O/c1-10(2)15-7-3-4-12(15)5-8-14(9-6-12)11(13)16/h10H,3-9H2,1-2H3. The molecule has 0 aromatic carbocycles. The van der Waals surface area contributed by atoms with Crippen LogP contribution >= 0.6 is 11.6 Å². The third-order valence-corrected chi connectivity index (χ3v) is 4.46. The number of hydrogen-bond donors (Lipinski definition) is 0. The fraction of sp³-hybridized carbons (Fsp3) is 0.917. The van der Waals surface area contributed by atoms with Gasteiger partial charge in [0.15, 0.2) is 0 Å². The number of carbonyl (C=O) groups excluding carboxylic acids is 1. The molecule has 0 unspecified atom stereocenters. The fourth-order valence-corrected chi connectivity index (χ4v) is 3.57. The topological polar surface area (TPSA) is 23.6 Å². The summed E-state index contributed by atoms with van der Waals surface area (Å²) in [5.74, 6) is 0. The number of likely N-dealkylation sites (tertiary alicyclic amines) is 2. The molecule has 0 radical (unpaired) electrons. The van der Waals surface area contributed by atoms with Crippen LogP contribution in [0.1, 0.15) is 39.5 Å². The molecule has 0 aromatic rings. The van der Waals surface area contributed by atoms with E-state index in [0.717, 1.165) is 25.9 Å². The second kappa shape index (κ2) is 4.53. The van der Waals surface area contributed by atoms with Gasteiger partial charge in [-0.3, -0.25) is 9.69 Å². The maximum Gasteiger partial charge on any atom is 0.316 e. The predicted molar refractivity (Wildman–Crippen MR) is 65.9 cm³/mol. The van der Waals surface area contributed by atoms with Gasteiger partial charge in [0, 0.05) is 24.7 Å². The number of rotatable bonds is 1. The summed E-state index contributed by atoms with van der Waals surface area (Å²) < 4.78 is 0. The molecule has 2 heterocycles. The Bertz CT molecular complexity index is 272. The minimum atomic E-state index is -0.288. The van der Waals surface area contributed by atoms with Crippen LogP contribution in [0, 0.1) is 0 Å². The van der Waals surface area contributed by atoms with Crippen LogP contribution in [0.15, 0.2) is 0 Å². The number of halogens is 1. The third kappa shape index (κ3) is 2.07. The molecule has 2 aliphatic heterocycles. The van der Waals surface area contributed by atoms with Crippen molar-refractivity contribution in [1.82, 2.24) is 9.80 Å². The zero-order valence-corrected chi connectivity index (χ0v) is 11.0. The van der Waals surface area contributed by atoms with E-state index in [9.17, 15) is 4.79 Å². The highest BCUT2D eigenvalue weighted by atomic mass is 35.5. The zero-order chi connectivity index (χ0) is 11.8. The molecule has 0 atom stereocenters. The minimum Gasteiger partial charge on any atom is -0.329 e. The molecule has 0 saturated carbocycles. The van der Waals surface area contributed by atoms with Crippen molar-refractivity contribution in [2.45, 2.75) is 51.1 Å². The first-order valence-corrected chi connectivity index (χ1v) is 6.64. The molecule has 1 spiro atoms. The molecule has 4 heteroatoms. The molecule has 0 aromatic heterocycles. The Labute approximate surface area is 103 Å². The van der Waals surface area contributed by atoms with Crippen molar-refractivity contribution in [3.05, 3.63) is 0 Å². The number of hydrogen-bond acceptors (Lipinski definition) is 2. The Kier molecular flexibility index (Phi) is 3.45. The van der Waals surface area contributed by atoms with Gasteiger partial charge in [-0.25, -0.2) is 0 Å². The number of carbonyl (C=O) groups is 1. The maximum atomic E-state index is 11.1. The van der Waals surface area contributed by atoms with Gasteiger partial charge in [0.25, 0.3) is 0 Å². The van der Waals surface area contributed by atoms with Crippen molar-refractivity contribution in [2.75, 3.05) is 19.6 Å².